The first-order valence-electron chi connectivity index (χ1n) is 10.1. The van der Waals surface area contributed by atoms with Crippen LogP contribution in [0.1, 0.15) is 39.9 Å². The highest BCUT2D eigenvalue weighted by Gasteiger charge is 2.29. The van der Waals surface area contributed by atoms with E-state index in [0.717, 1.165) is 30.0 Å². The van der Waals surface area contributed by atoms with Crippen LogP contribution in [0, 0.1) is 18.2 Å². The highest BCUT2D eigenvalue weighted by atomic mass is 35.5. The fourth-order valence-electron chi connectivity index (χ4n) is 3.56. The monoisotopic (exact) mass is 453 g/mol. The molecule has 0 spiro atoms. The number of pyridine rings is 1. The number of rotatable bonds is 8. The maximum atomic E-state index is 13.6. The number of ketones is 1. The van der Waals surface area contributed by atoms with E-state index in [9.17, 15) is 13.6 Å². The summed E-state index contributed by atoms with van der Waals surface area (Å²) < 4.78 is 26.8. The second-order valence-corrected chi connectivity index (χ2v) is 7.84. The van der Waals surface area contributed by atoms with Crippen LogP contribution in [-0.2, 0) is 19.5 Å². The van der Waals surface area contributed by atoms with Gasteiger partial charge in [0, 0.05) is 43.5 Å². The normalized spacial score (nSPS) is 12.8. The summed E-state index contributed by atoms with van der Waals surface area (Å²) >= 11 is 0. The molecule has 7 heteroatoms. The number of hydrogen-bond acceptors (Lipinski definition) is 3. The van der Waals surface area contributed by atoms with Crippen molar-refractivity contribution in [1.29, 1.82) is 0 Å². The average molecular weight is 454 g/mol. The Bertz CT molecular complexity index is 1140. The Morgan fingerprint density at radius 2 is 1.66 bits per heavy atom. The number of carbonyl (C=O) groups excluding carboxylic acids is 1. The first kappa shape index (κ1) is 23.5. The minimum absolute atomic E-state index is 0. The number of nitrogens with zero attached hydrogens (tertiary/aromatic N) is 3. The predicted octanol–water partition coefficient (Wildman–Crippen LogP) is 5.92. The molecule has 1 aliphatic carbocycles. The van der Waals surface area contributed by atoms with Crippen molar-refractivity contribution in [3.8, 4) is 0 Å². The van der Waals surface area contributed by atoms with E-state index in [0.29, 0.717) is 35.9 Å². The van der Waals surface area contributed by atoms with Gasteiger partial charge in [0.2, 0.25) is 0 Å². The van der Waals surface area contributed by atoms with Gasteiger partial charge in [-0.25, -0.2) is 13.6 Å². The van der Waals surface area contributed by atoms with Crippen LogP contribution in [0.15, 0.2) is 60.9 Å². The van der Waals surface area contributed by atoms with E-state index in [2.05, 4.69) is 14.7 Å². The lowest BCUT2D eigenvalue weighted by Crippen LogP contribution is -2.25. The molecule has 32 heavy (non-hydrogen) atoms. The largest absolute Gasteiger partial charge is 0.294 e. The van der Waals surface area contributed by atoms with Gasteiger partial charge in [0.15, 0.2) is 23.1 Å². The molecule has 0 aliphatic heterocycles. The van der Waals surface area contributed by atoms with Crippen molar-refractivity contribution in [2.45, 2.75) is 38.4 Å². The molecular weight excluding hydrogens is 432 g/mol. The number of aromatic nitrogens is 1. The Hall–Kier alpha value is -3.14. The molecule has 3 aromatic rings. The van der Waals surface area contributed by atoms with Crippen LogP contribution in [0.3, 0.4) is 0 Å². The minimum atomic E-state index is -0.846. The van der Waals surface area contributed by atoms with E-state index >= 15 is 0 Å². The van der Waals surface area contributed by atoms with E-state index < -0.39 is 11.6 Å². The first-order valence-corrected chi connectivity index (χ1v) is 10.1. The summed E-state index contributed by atoms with van der Waals surface area (Å²) in [6.45, 7) is 8.09. The molecule has 0 radical (unpaired) electrons. The Labute approximate surface area is 192 Å². The summed E-state index contributed by atoms with van der Waals surface area (Å²) in [7, 11) is 0. The van der Waals surface area contributed by atoms with Gasteiger partial charge >= 0.3 is 0 Å². The number of benzene rings is 2. The third-order valence-electron chi connectivity index (χ3n) is 5.37. The molecule has 0 unspecified atom stereocenters. The average Bonchev–Trinajstić information content (AvgIpc) is 3.62. The summed E-state index contributed by atoms with van der Waals surface area (Å²) in [5.74, 6) is -1.73. The summed E-state index contributed by atoms with van der Waals surface area (Å²) in [5.41, 5.74) is 3.55. The molecule has 0 N–H and O–H groups in total. The SMILES string of the molecule is Cl.[C-]#[N+]c1ccc(CC(=O)c2cncc(CN(Cc3ccc(F)c(F)c3)C3CC3)c2)cc1. The standard InChI is InChI=1S/C25H21F2N3O.ClH/c1-28-21-5-2-17(3-6-21)12-25(31)20-10-19(13-29-14-20)16-30(22-7-8-22)15-18-4-9-23(26)24(27)11-18;/h2-6,9-11,13-14,22H,7-8,12,15-16H2;1H. The van der Waals surface area contributed by atoms with E-state index in [-0.39, 0.29) is 24.6 Å². The van der Waals surface area contributed by atoms with Crippen molar-refractivity contribution >= 4 is 23.9 Å². The zero-order valence-corrected chi connectivity index (χ0v) is 18.1. The highest BCUT2D eigenvalue weighted by molar-refractivity contribution is 5.97. The molecule has 2 aromatic carbocycles. The van der Waals surface area contributed by atoms with Crippen LogP contribution < -0.4 is 0 Å². The van der Waals surface area contributed by atoms with Crippen LogP contribution in [0.2, 0.25) is 0 Å². The second kappa shape index (κ2) is 10.4. The topological polar surface area (TPSA) is 37.6 Å². The van der Waals surface area contributed by atoms with E-state index in [1.54, 1.807) is 42.7 Å². The van der Waals surface area contributed by atoms with Crippen LogP contribution in [0.4, 0.5) is 14.5 Å². The smallest absolute Gasteiger partial charge is 0.187 e. The van der Waals surface area contributed by atoms with Gasteiger partial charge in [-0.1, -0.05) is 30.3 Å². The van der Waals surface area contributed by atoms with E-state index in [4.69, 9.17) is 6.57 Å². The van der Waals surface area contributed by atoms with Gasteiger partial charge in [-0.05, 0) is 47.7 Å². The van der Waals surface area contributed by atoms with Gasteiger partial charge in [-0.15, -0.1) is 12.4 Å². The Balaban J connectivity index is 0.00000289. The van der Waals surface area contributed by atoms with Crippen molar-refractivity contribution in [3.05, 3.63) is 106 Å². The summed E-state index contributed by atoms with van der Waals surface area (Å²) in [6.07, 6.45) is 5.68. The van der Waals surface area contributed by atoms with Gasteiger partial charge in [0.1, 0.15) is 0 Å². The van der Waals surface area contributed by atoms with Crippen LogP contribution in [0.5, 0.6) is 0 Å². The molecule has 1 aromatic heterocycles. The minimum Gasteiger partial charge on any atom is -0.294 e. The summed E-state index contributed by atoms with van der Waals surface area (Å²) in [4.78, 5) is 22.5. The van der Waals surface area contributed by atoms with Gasteiger partial charge in [-0.3, -0.25) is 14.7 Å². The maximum Gasteiger partial charge on any atom is 0.187 e. The molecule has 164 valence electrons. The number of halogens is 3. The molecule has 1 aliphatic rings. The lowest BCUT2D eigenvalue weighted by molar-refractivity contribution is 0.0992. The number of Topliss-reactive ketones (excluding diaryl/α,β-unsaturated/α-hetero) is 1. The molecule has 4 nitrogen and oxygen atoms in total. The third-order valence-corrected chi connectivity index (χ3v) is 5.37. The molecule has 1 saturated carbocycles. The molecule has 0 bridgehead atoms. The van der Waals surface area contributed by atoms with E-state index in [1.165, 1.54) is 6.07 Å². The quantitative estimate of drug-likeness (QED) is 0.314. The van der Waals surface area contributed by atoms with E-state index in [1.807, 2.05) is 6.07 Å². The molecule has 1 fully saturated rings. The Kier molecular flexibility index (Phi) is 7.68. The zero-order chi connectivity index (χ0) is 21.8. The lowest BCUT2D eigenvalue weighted by Gasteiger charge is -2.22. The molecule has 4 rings (SSSR count). The van der Waals surface area contributed by atoms with Crippen LogP contribution >= 0.6 is 12.4 Å². The first-order chi connectivity index (χ1) is 15.0. The van der Waals surface area contributed by atoms with Gasteiger partial charge in [0.25, 0.3) is 0 Å². The summed E-state index contributed by atoms with van der Waals surface area (Å²) in [5, 5.41) is 0. The van der Waals surface area contributed by atoms with Gasteiger partial charge < -0.3 is 0 Å². The zero-order valence-electron chi connectivity index (χ0n) is 17.3. The molecule has 0 amide bonds. The van der Waals surface area contributed by atoms with Gasteiger partial charge in [0.05, 0.1) is 6.57 Å². The number of hydrogen-bond donors (Lipinski definition) is 0. The molecule has 0 saturated heterocycles. The predicted molar refractivity (Wildman–Crippen MR) is 121 cm³/mol. The second-order valence-electron chi connectivity index (χ2n) is 7.84. The molecule has 0 atom stereocenters. The van der Waals surface area contributed by atoms with Crippen LogP contribution in [0.25, 0.3) is 4.85 Å². The molecule has 1 heterocycles. The fraction of sp³-hybridized carbons (Fsp3) is 0.240. The lowest BCUT2D eigenvalue weighted by atomic mass is 10.0. The van der Waals surface area contributed by atoms with Gasteiger partial charge in [-0.2, -0.15) is 0 Å². The van der Waals surface area contributed by atoms with Crippen molar-refractivity contribution in [2.24, 2.45) is 0 Å². The Morgan fingerprint density at radius 1 is 0.969 bits per heavy atom. The third kappa shape index (κ3) is 5.97. The Morgan fingerprint density at radius 3 is 2.31 bits per heavy atom. The van der Waals surface area contributed by atoms with Crippen molar-refractivity contribution < 1.29 is 13.6 Å². The molecular formula is C25H22ClF2N3O. The number of carbonyl (C=O) groups is 1. The van der Waals surface area contributed by atoms with Crippen molar-refractivity contribution in [1.82, 2.24) is 9.88 Å². The summed E-state index contributed by atoms with van der Waals surface area (Å²) in [6, 6.07) is 13.2. The maximum absolute atomic E-state index is 13.6. The van der Waals surface area contributed by atoms with Crippen LogP contribution in [-0.4, -0.2) is 21.7 Å². The van der Waals surface area contributed by atoms with Crippen molar-refractivity contribution in [2.75, 3.05) is 0 Å². The van der Waals surface area contributed by atoms with Crippen molar-refractivity contribution in [3.63, 3.8) is 0 Å². The highest BCUT2D eigenvalue weighted by Crippen LogP contribution is 2.30. The fourth-order valence-corrected chi connectivity index (χ4v) is 3.56.